The number of nitrogens with zero attached hydrogens (tertiary/aromatic N) is 5. The van der Waals surface area contributed by atoms with Crippen molar-refractivity contribution in [2.75, 3.05) is 23.3 Å². The Kier molecular flexibility index (Phi) is 6.52. The van der Waals surface area contributed by atoms with E-state index in [1.807, 2.05) is 0 Å². The normalized spacial score (nSPS) is 22.0. The minimum atomic E-state index is -0.474. The van der Waals surface area contributed by atoms with Crippen LogP contribution in [0.5, 0.6) is 0 Å². The molecule has 1 aliphatic heterocycles. The first-order chi connectivity index (χ1) is 16.0. The fraction of sp³-hybridized carbons (Fsp3) is 0.478. The van der Waals surface area contributed by atoms with Gasteiger partial charge in [0.15, 0.2) is 5.82 Å². The summed E-state index contributed by atoms with van der Waals surface area (Å²) in [5.41, 5.74) is 1.84. The summed E-state index contributed by atoms with van der Waals surface area (Å²) in [5, 5.41) is 16.7. The Hall–Kier alpha value is -2.62. The Morgan fingerprint density at radius 1 is 1.00 bits per heavy atom. The van der Waals surface area contributed by atoms with Crippen LogP contribution < -0.4 is 15.5 Å². The minimum Gasteiger partial charge on any atom is -0.393 e. The van der Waals surface area contributed by atoms with Crippen molar-refractivity contribution >= 4 is 40.1 Å². The van der Waals surface area contributed by atoms with Crippen LogP contribution in [0.25, 0.3) is 11.0 Å². The van der Waals surface area contributed by atoms with Gasteiger partial charge in [0, 0.05) is 30.9 Å². The quantitative estimate of drug-likeness (QED) is 0.516. The first-order valence-corrected chi connectivity index (χ1v) is 11.8. The molecule has 2 fully saturated rings. The molecule has 1 aliphatic carbocycles. The fourth-order valence-corrected chi connectivity index (χ4v) is 4.80. The molecular weight excluding hydrogens is 445 g/mol. The lowest BCUT2D eigenvalue weighted by molar-refractivity contribution is 0.113. The summed E-state index contributed by atoms with van der Waals surface area (Å²) in [6, 6.07) is 5.40. The third kappa shape index (κ3) is 5.15. The molecule has 0 unspecified atom stereocenters. The van der Waals surface area contributed by atoms with Crippen LogP contribution >= 0.6 is 11.6 Å². The topological polar surface area (TPSA) is 99.1 Å². The fourth-order valence-electron chi connectivity index (χ4n) is 4.62. The molecule has 1 aromatic carbocycles. The lowest BCUT2D eigenvalue weighted by Gasteiger charge is -2.36. The van der Waals surface area contributed by atoms with Crippen LogP contribution in [0, 0.1) is 5.82 Å². The Bertz CT molecular complexity index is 1120. The van der Waals surface area contributed by atoms with E-state index in [2.05, 4.69) is 30.5 Å². The van der Waals surface area contributed by atoms with Gasteiger partial charge < -0.3 is 20.6 Å². The lowest BCUT2D eigenvalue weighted by atomic mass is 9.91. The van der Waals surface area contributed by atoms with Crippen molar-refractivity contribution in [2.45, 2.75) is 56.7 Å². The van der Waals surface area contributed by atoms with Gasteiger partial charge in [0.25, 0.3) is 0 Å². The molecule has 8 nitrogen and oxygen atoms in total. The predicted octanol–water partition coefficient (Wildman–Crippen LogP) is 3.82. The van der Waals surface area contributed by atoms with Gasteiger partial charge >= 0.3 is 0 Å². The second-order valence-corrected chi connectivity index (χ2v) is 9.22. The van der Waals surface area contributed by atoms with Crippen molar-refractivity contribution in [3.63, 3.8) is 0 Å². The number of anilines is 3. The van der Waals surface area contributed by atoms with Gasteiger partial charge in [-0.05, 0) is 56.7 Å². The van der Waals surface area contributed by atoms with Crippen LogP contribution in [-0.2, 0) is 0 Å². The Morgan fingerprint density at radius 2 is 1.76 bits per heavy atom. The summed E-state index contributed by atoms with van der Waals surface area (Å²) in [7, 11) is 0. The van der Waals surface area contributed by atoms with Gasteiger partial charge in [-0.25, -0.2) is 24.3 Å². The van der Waals surface area contributed by atoms with E-state index in [0.717, 1.165) is 51.6 Å². The average Bonchev–Trinajstić information content (AvgIpc) is 2.83. The summed E-state index contributed by atoms with van der Waals surface area (Å²) in [6.07, 6.45) is 8.94. The van der Waals surface area contributed by atoms with E-state index in [1.54, 1.807) is 12.3 Å². The van der Waals surface area contributed by atoms with Crippen LogP contribution in [0.15, 0.2) is 30.7 Å². The number of halogens is 2. The molecular formula is C23H27ClFN7O. The van der Waals surface area contributed by atoms with E-state index >= 15 is 0 Å². The number of aromatic nitrogens is 4. The van der Waals surface area contributed by atoms with Gasteiger partial charge in [0.2, 0.25) is 5.95 Å². The first-order valence-electron chi connectivity index (χ1n) is 11.4. The number of nitrogens with one attached hydrogen (secondary N) is 2. The van der Waals surface area contributed by atoms with Crippen LogP contribution in [0.1, 0.15) is 38.5 Å². The van der Waals surface area contributed by atoms with Gasteiger partial charge in [-0.15, -0.1) is 0 Å². The van der Waals surface area contributed by atoms with E-state index in [0.29, 0.717) is 40.6 Å². The number of hydrogen-bond donors (Lipinski definition) is 3. The molecule has 3 heterocycles. The maximum Gasteiger partial charge on any atom is 0.226 e. The largest absolute Gasteiger partial charge is 0.393 e. The molecule has 10 heteroatoms. The molecule has 3 N–H and O–H groups in total. The smallest absolute Gasteiger partial charge is 0.226 e. The summed E-state index contributed by atoms with van der Waals surface area (Å²) in [4.78, 5) is 20.1. The number of piperidine rings is 1. The molecule has 0 bridgehead atoms. The maximum atomic E-state index is 13.5. The SMILES string of the molecule is O[C@H]1CC[C@H](NC2CCN(c3ncc4ncnc(Nc5ccc(F)c(Cl)c5)c4n3)CC2)CC1. The summed E-state index contributed by atoms with van der Waals surface area (Å²) >= 11 is 5.91. The van der Waals surface area contributed by atoms with E-state index in [1.165, 1.54) is 18.5 Å². The molecule has 2 aromatic heterocycles. The summed E-state index contributed by atoms with van der Waals surface area (Å²) in [5.74, 6) is 0.692. The number of benzene rings is 1. The number of rotatable bonds is 5. The third-order valence-corrected chi connectivity index (χ3v) is 6.78. The van der Waals surface area contributed by atoms with Crippen molar-refractivity contribution in [3.05, 3.63) is 41.6 Å². The van der Waals surface area contributed by atoms with Crippen LogP contribution in [0.4, 0.5) is 21.8 Å². The molecule has 0 amide bonds. The zero-order valence-corrected chi connectivity index (χ0v) is 19.0. The van der Waals surface area contributed by atoms with Crippen molar-refractivity contribution in [1.82, 2.24) is 25.3 Å². The van der Waals surface area contributed by atoms with Crippen LogP contribution in [0.2, 0.25) is 5.02 Å². The van der Waals surface area contributed by atoms with E-state index in [4.69, 9.17) is 16.6 Å². The second-order valence-electron chi connectivity index (χ2n) is 8.81. The van der Waals surface area contributed by atoms with E-state index in [9.17, 15) is 9.50 Å². The van der Waals surface area contributed by atoms with Crippen LogP contribution in [-0.4, -0.2) is 56.3 Å². The highest BCUT2D eigenvalue weighted by atomic mass is 35.5. The highest BCUT2D eigenvalue weighted by Crippen LogP contribution is 2.27. The second kappa shape index (κ2) is 9.70. The molecule has 1 saturated heterocycles. The van der Waals surface area contributed by atoms with Crippen molar-refractivity contribution < 1.29 is 9.50 Å². The molecule has 0 atom stereocenters. The average molecular weight is 472 g/mol. The lowest BCUT2D eigenvalue weighted by Crippen LogP contribution is -2.47. The minimum absolute atomic E-state index is 0.0366. The monoisotopic (exact) mass is 471 g/mol. The molecule has 3 aromatic rings. The van der Waals surface area contributed by atoms with Gasteiger partial charge in [0.05, 0.1) is 17.3 Å². The van der Waals surface area contributed by atoms with E-state index in [-0.39, 0.29) is 11.1 Å². The van der Waals surface area contributed by atoms with Gasteiger partial charge in [-0.2, -0.15) is 0 Å². The number of hydrogen-bond acceptors (Lipinski definition) is 8. The summed E-state index contributed by atoms with van der Waals surface area (Å²) < 4.78 is 13.5. The van der Waals surface area contributed by atoms with Crippen molar-refractivity contribution in [1.29, 1.82) is 0 Å². The van der Waals surface area contributed by atoms with E-state index < -0.39 is 5.82 Å². The number of aliphatic hydroxyl groups excluding tert-OH is 1. The van der Waals surface area contributed by atoms with Gasteiger partial charge in [-0.1, -0.05) is 11.6 Å². The molecule has 5 rings (SSSR count). The zero-order chi connectivity index (χ0) is 22.8. The predicted molar refractivity (Wildman–Crippen MR) is 126 cm³/mol. The van der Waals surface area contributed by atoms with Gasteiger partial charge in [-0.3, -0.25) is 0 Å². The van der Waals surface area contributed by atoms with Gasteiger partial charge in [0.1, 0.15) is 23.2 Å². The maximum absolute atomic E-state index is 13.5. The Labute approximate surface area is 196 Å². The summed E-state index contributed by atoms with van der Waals surface area (Å²) in [6.45, 7) is 1.73. The highest BCUT2D eigenvalue weighted by Gasteiger charge is 2.26. The van der Waals surface area contributed by atoms with Crippen molar-refractivity contribution in [3.8, 4) is 0 Å². The zero-order valence-electron chi connectivity index (χ0n) is 18.2. The number of aliphatic hydroxyl groups is 1. The Balaban J connectivity index is 1.27. The molecule has 174 valence electrons. The molecule has 0 spiro atoms. The standard InChI is InChI=1S/C23H27ClFN7O/c24-18-11-16(3-6-19(18)25)30-22-21-20(27-13-28-22)12-26-23(31-21)32-9-7-15(8-10-32)29-14-1-4-17(33)5-2-14/h3,6,11-15,17,29,33H,1-2,4-5,7-10H2,(H,27,28,30)/t14-,17-. The molecule has 1 saturated carbocycles. The third-order valence-electron chi connectivity index (χ3n) is 6.49. The van der Waals surface area contributed by atoms with Crippen molar-refractivity contribution in [2.24, 2.45) is 0 Å². The molecule has 0 radical (unpaired) electrons. The van der Waals surface area contributed by atoms with Crippen LogP contribution in [0.3, 0.4) is 0 Å². The Morgan fingerprint density at radius 3 is 2.52 bits per heavy atom. The number of fused-ring (bicyclic) bond motifs is 1. The molecule has 33 heavy (non-hydrogen) atoms. The molecule has 2 aliphatic rings. The first kappa shape index (κ1) is 22.2. The highest BCUT2D eigenvalue weighted by molar-refractivity contribution is 6.31.